The van der Waals surface area contributed by atoms with Gasteiger partial charge in [0, 0.05) is 96.3 Å². The van der Waals surface area contributed by atoms with E-state index in [2.05, 4.69) is 158 Å². The molecule has 1 aliphatic carbocycles. The first-order chi connectivity index (χ1) is 45.2. The fraction of sp³-hybridized carbons (Fsp3) is 0.408. The summed E-state index contributed by atoms with van der Waals surface area (Å²) >= 11 is 0. The van der Waals surface area contributed by atoms with Crippen molar-refractivity contribution in [1.82, 2.24) is 15.1 Å². The predicted octanol–water partition coefficient (Wildman–Crippen LogP) is 7.89. The molecule has 1 aliphatic heterocycles. The number of amides is 1. The lowest BCUT2D eigenvalue weighted by atomic mass is 9.77. The molecule has 0 fully saturated rings. The van der Waals surface area contributed by atoms with Crippen LogP contribution in [0.1, 0.15) is 74.9 Å². The van der Waals surface area contributed by atoms with Crippen molar-refractivity contribution in [2.45, 2.75) is 80.8 Å². The Hall–Kier alpha value is -6.98. The molecule has 0 radical (unpaired) electrons. The van der Waals surface area contributed by atoms with Crippen molar-refractivity contribution in [1.29, 1.82) is 0 Å². The van der Waals surface area contributed by atoms with Crippen LogP contribution in [0.2, 0.25) is 13.1 Å². The van der Waals surface area contributed by atoms with E-state index < -0.39 is 22.3 Å². The number of Topliss-reactive ketones (excluding diaryl/α,β-unsaturated/α-hetero) is 1. The van der Waals surface area contributed by atoms with Crippen LogP contribution in [0, 0.1) is 0 Å². The van der Waals surface area contributed by atoms with Gasteiger partial charge in [-0.2, -0.15) is 0 Å². The van der Waals surface area contributed by atoms with Gasteiger partial charge >= 0.3 is 14.2 Å². The summed E-state index contributed by atoms with van der Waals surface area (Å²) in [7, 11) is 2.74. The zero-order valence-electron chi connectivity index (χ0n) is 56.4. The molecule has 0 unspecified atom stereocenters. The second-order valence-corrected chi connectivity index (χ2v) is 29.4. The summed E-state index contributed by atoms with van der Waals surface area (Å²) in [6.45, 7) is 23.4. The molecule has 1 heterocycles. The molecule has 17 nitrogen and oxygen atoms in total. The highest BCUT2D eigenvalue weighted by molar-refractivity contribution is 6.98. The van der Waals surface area contributed by atoms with E-state index in [0.29, 0.717) is 160 Å². The fourth-order valence-corrected chi connectivity index (χ4v) is 15.2. The number of carbonyl (C=O) groups excluding carboxylic acids is 2. The Morgan fingerprint density at radius 1 is 0.573 bits per heavy atom. The lowest BCUT2D eigenvalue weighted by molar-refractivity contribution is -0.462. The Labute approximate surface area is 572 Å². The Morgan fingerprint density at radius 2 is 1.06 bits per heavy atom. The third-order valence-corrected chi connectivity index (χ3v) is 20.9. The number of nitrogens with one attached hydrogen (secondary N) is 1. The molecule has 6 aromatic carbocycles. The number of ether oxygens (including phenoxy) is 6. The molecular formula is C76H104B2N5O12Si+. The first-order valence-electron chi connectivity index (χ1n) is 32.6. The van der Waals surface area contributed by atoms with Crippen LogP contribution in [0.15, 0.2) is 162 Å². The van der Waals surface area contributed by atoms with Gasteiger partial charge < -0.3 is 58.7 Å². The van der Waals surface area contributed by atoms with Crippen molar-refractivity contribution in [3.63, 3.8) is 0 Å². The number of ketones is 1. The summed E-state index contributed by atoms with van der Waals surface area (Å²) in [5.41, 5.74) is 12.7. The summed E-state index contributed by atoms with van der Waals surface area (Å²) in [6.07, 6.45) is 8.00. The van der Waals surface area contributed by atoms with Gasteiger partial charge in [-0.1, -0.05) is 132 Å². The molecule has 0 saturated carbocycles. The lowest BCUT2D eigenvalue weighted by Crippen LogP contribution is -2.49. The largest absolute Gasteiger partial charge is 0.488 e. The molecule has 20 heteroatoms. The van der Waals surface area contributed by atoms with E-state index in [1.807, 2.05) is 36.4 Å². The van der Waals surface area contributed by atoms with Crippen molar-refractivity contribution < 1.29 is 62.7 Å². The van der Waals surface area contributed by atoms with Gasteiger partial charge in [-0.15, -0.1) is 0 Å². The molecule has 6 aromatic rings. The summed E-state index contributed by atoms with van der Waals surface area (Å²) in [4.78, 5) is 30.6. The van der Waals surface area contributed by atoms with E-state index in [-0.39, 0.29) is 26.5 Å². The summed E-state index contributed by atoms with van der Waals surface area (Å²) in [5, 5.41) is 52.6. The van der Waals surface area contributed by atoms with Gasteiger partial charge in [0.05, 0.1) is 72.7 Å². The van der Waals surface area contributed by atoms with Crippen molar-refractivity contribution in [2.24, 2.45) is 0 Å². The minimum absolute atomic E-state index is 0. The van der Waals surface area contributed by atoms with Crippen molar-refractivity contribution >= 4 is 88.6 Å². The highest BCUT2D eigenvalue weighted by Crippen LogP contribution is 2.44. The number of carbonyl (C=O) groups is 2. The summed E-state index contributed by atoms with van der Waals surface area (Å²) < 4.78 is 37.8. The van der Waals surface area contributed by atoms with Crippen molar-refractivity contribution in [3.05, 3.63) is 196 Å². The van der Waals surface area contributed by atoms with Crippen LogP contribution in [0.5, 0.6) is 0 Å². The summed E-state index contributed by atoms with van der Waals surface area (Å²) in [5.74, 6) is -0.151. The van der Waals surface area contributed by atoms with Crippen LogP contribution in [-0.4, -0.2) is 201 Å². The number of nitrogens with zero attached hydrogens (tertiary/aromatic N) is 4. The molecule has 0 spiro atoms. The number of allylic oxidation sites excluding steroid dienone is 6. The van der Waals surface area contributed by atoms with E-state index in [4.69, 9.17) is 28.4 Å². The fourth-order valence-electron chi connectivity index (χ4n) is 12.2. The van der Waals surface area contributed by atoms with Gasteiger partial charge in [-0.05, 0) is 137 Å². The molecule has 5 N–H and O–H groups in total. The van der Waals surface area contributed by atoms with Crippen LogP contribution in [0.3, 0.4) is 0 Å². The molecule has 514 valence electrons. The summed E-state index contributed by atoms with van der Waals surface area (Å²) in [6, 6.07) is 37.4. The van der Waals surface area contributed by atoms with E-state index in [1.54, 1.807) is 26.0 Å². The molecule has 1 amide bonds. The van der Waals surface area contributed by atoms with E-state index in [0.717, 1.165) is 60.8 Å². The Bertz CT molecular complexity index is 3750. The van der Waals surface area contributed by atoms with Crippen LogP contribution in [0.25, 0.3) is 27.1 Å². The third-order valence-electron chi connectivity index (χ3n) is 17.4. The topological polar surface area (TPSA) is 195 Å². The number of hydrogen-bond acceptors (Lipinski definition) is 15. The molecule has 0 saturated heterocycles. The van der Waals surface area contributed by atoms with Gasteiger partial charge in [-0.3, -0.25) is 19.4 Å². The smallest absolute Gasteiger partial charge is 0.423 e. The van der Waals surface area contributed by atoms with Crippen LogP contribution >= 0.6 is 0 Å². The molecule has 96 heavy (non-hydrogen) atoms. The zero-order chi connectivity index (χ0) is 67.3. The first kappa shape index (κ1) is 78.0. The first-order valence-corrected chi connectivity index (χ1v) is 35.6. The average molecular weight is 1330 g/mol. The second kappa shape index (κ2) is 38.2. The predicted molar refractivity (Wildman–Crippen MR) is 396 cm³/mol. The molecule has 2 aliphatic rings. The van der Waals surface area contributed by atoms with Crippen LogP contribution < -0.4 is 26.3 Å². The maximum atomic E-state index is 11.9. The number of hydrogen-bond donors (Lipinski definition) is 5. The molecular weight excluding hydrogens is 1220 g/mol. The standard InChI is InChI=1S/C74H95B2N5O12Si.2CH4/c1-53(2)70(82)24-17-34-88-38-42-92-44-40-91-37-33-81(50-57-19-12-16-23-69(57)76(86)87)52-67-61-21-14-13-20-60(61)66(51-80(49-56-18-11-15-22-68(56)75(84)85)32-36-90-41-45-93-43-39-89-35-31-77-74(83)54(3)4)62-28-25-55(46-65(62)67)73-63-29-26-58(78(5)6)47-71(63)94(9,10)72-48-59(79(7)8)27-30-64(72)73;;/h11-16,18-23,25-30,46-48,84-87H,1,3,17,24,31-45,49-52H2,2,4-10H3;2*1H4/p+1. The molecule has 8 rings (SSSR count). The maximum Gasteiger partial charge on any atom is 0.488 e. The van der Waals surface area contributed by atoms with Crippen LogP contribution in [-0.2, 0) is 64.2 Å². The highest BCUT2D eigenvalue weighted by atomic mass is 28.3. The van der Waals surface area contributed by atoms with Crippen LogP contribution in [0.4, 0.5) is 5.69 Å². The van der Waals surface area contributed by atoms with Gasteiger partial charge in [0.1, 0.15) is 22.2 Å². The molecule has 0 atom stereocenters. The van der Waals surface area contributed by atoms with E-state index in [9.17, 15) is 29.7 Å². The van der Waals surface area contributed by atoms with Gasteiger partial charge in [0.25, 0.3) is 0 Å². The van der Waals surface area contributed by atoms with E-state index >= 15 is 0 Å². The second-order valence-electron chi connectivity index (χ2n) is 25.1. The lowest BCUT2D eigenvalue weighted by Gasteiger charge is -2.38. The number of anilines is 1. The maximum absolute atomic E-state index is 11.9. The van der Waals surface area contributed by atoms with Gasteiger partial charge in [0.15, 0.2) is 11.5 Å². The third kappa shape index (κ3) is 21.0. The highest BCUT2D eigenvalue weighted by Gasteiger charge is 2.41. The number of fused-ring (bicyclic) bond motifs is 4. The van der Waals surface area contributed by atoms with Crippen molar-refractivity contribution in [3.8, 4) is 0 Å². The normalized spacial score (nSPS) is 13.1. The SMILES string of the molecule is C.C.C=C(C)C(=O)CCCOCCOCCOCCN(Cc1ccccc1B(O)O)Cc1c2ccccc2c(CN(CCOCCOCCOCCNC(=O)C(=C)C)Cc2ccccc2B(O)O)c2ccc(C3=C4C=CC(=[N+](C)C)C=C4[Si](C)(C)c4cc(N(C)C)ccc43)cc12. The minimum atomic E-state index is -2.30. The van der Waals surface area contributed by atoms with Crippen molar-refractivity contribution in [2.75, 3.05) is 132 Å². The Morgan fingerprint density at radius 3 is 1.57 bits per heavy atom. The van der Waals surface area contributed by atoms with Gasteiger partial charge in [-0.25, -0.2) is 4.58 Å². The Kier molecular flexibility index (Phi) is 31.1. The van der Waals surface area contributed by atoms with Gasteiger partial charge in [0.2, 0.25) is 5.91 Å². The van der Waals surface area contributed by atoms with E-state index in [1.165, 1.54) is 27.1 Å². The minimum Gasteiger partial charge on any atom is -0.423 e. The molecule has 0 aromatic heterocycles. The molecule has 0 bridgehead atoms. The monoisotopic (exact) mass is 1330 g/mol. The number of benzene rings is 6. The number of rotatable bonds is 39. The average Bonchev–Trinajstić information content (AvgIpc) is 0.721. The quantitative estimate of drug-likeness (QED) is 0.00822. The zero-order valence-corrected chi connectivity index (χ0v) is 57.4. The Balaban J connectivity index is 0.00000729.